The molecule has 0 N–H and O–H groups in total. The van der Waals surface area contributed by atoms with Crippen molar-refractivity contribution in [3.8, 4) is 22.3 Å². The summed E-state index contributed by atoms with van der Waals surface area (Å²) in [6, 6.07) is 35.8. The molecule has 0 radical (unpaired) electrons. The average Bonchev–Trinajstić information content (AvgIpc) is 3.83. The normalized spacial score (nSPS) is 15.4. The van der Waals surface area contributed by atoms with Crippen LogP contribution < -0.4 is 24.8 Å². The molecule has 8 rings (SSSR count). The van der Waals surface area contributed by atoms with E-state index in [1.807, 2.05) is 12.2 Å². The van der Waals surface area contributed by atoms with Crippen LogP contribution in [0.4, 0.5) is 0 Å². The van der Waals surface area contributed by atoms with Crippen LogP contribution in [0.5, 0.6) is 0 Å². The Bertz CT molecular complexity index is 1630. The second-order valence-corrected chi connectivity index (χ2v) is 43.9. The van der Waals surface area contributed by atoms with Crippen molar-refractivity contribution in [3.63, 3.8) is 0 Å². The van der Waals surface area contributed by atoms with E-state index >= 15 is 0 Å². The van der Waals surface area contributed by atoms with Gasteiger partial charge in [-0.15, -0.1) is 0 Å². The Morgan fingerprint density at radius 1 is 0.522 bits per heavy atom. The first-order chi connectivity index (χ1) is 21.1. The maximum absolute atomic E-state index is 5.74. The third-order valence-corrected chi connectivity index (χ3v) is 21.4. The smallest absolute Gasteiger partial charge is 0.0211 e. The van der Waals surface area contributed by atoms with Crippen molar-refractivity contribution in [2.45, 2.75) is 43.2 Å². The quantitative estimate of drug-likeness (QED) is 0.207. The Morgan fingerprint density at radius 2 is 0.870 bits per heavy atom. The first-order valence-electron chi connectivity index (χ1n) is 15.6. The summed E-state index contributed by atoms with van der Waals surface area (Å²) in [5, 5.41) is 0. The maximum Gasteiger partial charge on any atom is 0.0211 e. The predicted octanol–water partition coefficient (Wildman–Crippen LogP) is 7.09. The molecule has 0 heterocycles. The fourth-order valence-corrected chi connectivity index (χ4v) is 13.9. The van der Waals surface area contributed by atoms with Crippen LogP contribution in [0.15, 0.2) is 140 Å². The van der Waals surface area contributed by atoms with Gasteiger partial charge in [0.2, 0.25) is 0 Å². The van der Waals surface area contributed by atoms with Gasteiger partial charge in [-0.2, -0.15) is 0 Å². The van der Waals surface area contributed by atoms with Crippen LogP contribution in [-0.4, -0.2) is 0 Å². The summed E-state index contributed by atoms with van der Waals surface area (Å²) in [7, 11) is 11.5. The molecular weight excluding hydrogens is 805 g/mol. The van der Waals surface area contributed by atoms with Gasteiger partial charge in [-0.05, 0) is 44.5 Å². The second-order valence-electron chi connectivity index (χ2n) is 14.2. The standard InChI is InChI=1S/C26H18.2C5H5.4CH3.4ClH.2Zr/c1-5-13-21-17(9-1)18-10-2-6-14-22(18)25(21)26-23-15-7-3-11-19(23)20-12-4-8-16-24(20)26;2*1-2-4-5-3-1;;;;;;;;;;/h1-16,25-26H;2*1-3H,4H2;4*1H3;4*1H;;/q;;;;;;;;;;;2*+2/p-4. The van der Waals surface area contributed by atoms with E-state index < -0.39 is 38.1 Å². The molecule has 4 aliphatic carbocycles. The first-order valence-corrected chi connectivity index (χ1v) is 34.2. The van der Waals surface area contributed by atoms with Crippen LogP contribution in [0.1, 0.15) is 46.9 Å². The zero-order chi connectivity index (χ0) is 30.9. The van der Waals surface area contributed by atoms with Gasteiger partial charge < -0.3 is 24.8 Å². The summed E-state index contributed by atoms with van der Waals surface area (Å²) in [6.45, 7) is 0. The number of hydrogen-bond donors (Lipinski definition) is 0. The molecule has 4 aromatic carbocycles. The summed E-state index contributed by atoms with van der Waals surface area (Å²) in [6.07, 6.45) is 15.2. The van der Waals surface area contributed by atoms with E-state index in [0.29, 0.717) is 11.8 Å². The Morgan fingerprint density at radius 3 is 1.11 bits per heavy atom. The Balaban J connectivity index is 0.000000200. The predicted molar refractivity (Wildman–Crippen MR) is 186 cm³/mol. The zero-order valence-corrected chi connectivity index (χ0v) is 34.7. The van der Waals surface area contributed by atoms with Crippen LogP contribution in [0.25, 0.3) is 22.3 Å². The molecule has 236 valence electrons. The van der Waals surface area contributed by atoms with Gasteiger partial charge in [-0.1, -0.05) is 97.1 Å². The van der Waals surface area contributed by atoms with Crippen LogP contribution in [0.3, 0.4) is 0 Å². The molecule has 0 fully saturated rings. The minimum absolute atomic E-state index is 0. The number of halogens is 4. The molecule has 0 aromatic heterocycles. The minimum atomic E-state index is -2.20. The minimum Gasteiger partial charge on any atom is -0.0619 e. The van der Waals surface area contributed by atoms with Crippen molar-refractivity contribution in [3.05, 3.63) is 162 Å². The SMILES string of the molecule is [CH3][Zr+2]([CH3])([CH3])([CH3])[C]1=CC=CC1.[Cl-].[Cl-].[Cl][Zr]([Cl])[C]1=CC=CC1.c1ccc2c(c1)-c1ccccc1C2C1c2ccccc2-c2ccccc21. The number of rotatable bonds is 3. The largest absolute Gasteiger partial charge is 0.0619 e. The average molecular weight is 845 g/mol. The van der Waals surface area contributed by atoms with E-state index in [2.05, 4.69) is 140 Å². The van der Waals surface area contributed by atoms with Gasteiger partial charge >= 0.3 is 130 Å². The third-order valence-electron chi connectivity index (χ3n) is 9.17. The number of hydrogen-bond acceptors (Lipinski definition) is 0. The molecule has 0 saturated heterocycles. The van der Waals surface area contributed by atoms with Crippen molar-refractivity contribution in [2.75, 3.05) is 0 Å². The van der Waals surface area contributed by atoms with E-state index in [0.717, 1.165) is 6.42 Å². The summed E-state index contributed by atoms with van der Waals surface area (Å²) in [4.78, 5) is 0. The number of benzene rings is 4. The molecule has 0 spiro atoms. The fraction of sp³-hybridized carbons (Fsp3) is 0.200. The van der Waals surface area contributed by atoms with Gasteiger partial charge in [0.25, 0.3) is 0 Å². The topological polar surface area (TPSA) is 0 Å². The Kier molecular flexibility index (Phi) is 12.7. The van der Waals surface area contributed by atoms with Crippen LogP contribution in [-0.2, 0) is 38.1 Å². The summed E-state index contributed by atoms with van der Waals surface area (Å²) in [5.41, 5.74) is 11.4. The van der Waals surface area contributed by atoms with E-state index in [1.165, 1.54) is 54.2 Å². The third kappa shape index (κ3) is 7.97. The number of allylic oxidation sites excluding steroid dienone is 8. The van der Waals surface area contributed by atoms with Crippen LogP contribution in [0, 0.1) is 0 Å². The van der Waals surface area contributed by atoms with Crippen molar-refractivity contribution in [1.29, 1.82) is 0 Å². The molecule has 0 aliphatic heterocycles. The summed E-state index contributed by atoms with van der Waals surface area (Å²) in [5.74, 6) is 0.763. The molecule has 0 amide bonds. The molecule has 0 atom stereocenters. The monoisotopic (exact) mass is 840 g/mol. The van der Waals surface area contributed by atoms with Gasteiger partial charge in [0, 0.05) is 11.8 Å². The van der Waals surface area contributed by atoms with Gasteiger partial charge in [0.1, 0.15) is 0 Å². The van der Waals surface area contributed by atoms with E-state index in [1.54, 1.807) is 3.28 Å². The van der Waals surface area contributed by atoms with Gasteiger partial charge in [0.15, 0.2) is 0 Å². The molecule has 0 nitrogen and oxygen atoms in total. The molecule has 0 unspecified atom stereocenters. The molecule has 6 heteroatoms. The maximum atomic E-state index is 5.74. The summed E-state index contributed by atoms with van der Waals surface area (Å²) < 4.78 is 13.0. The van der Waals surface area contributed by atoms with Crippen molar-refractivity contribution in [1.82, 2.24) is 0 Å². The first kappa shape index (κ1) is 37.6. The van der Waals surface area contributed by atoms with Gasteiger partial charge in [-0.25, -0.2) is 0 Å². The van der Waals surface area contributed by atoms with Gasteiger partial charge in [0.05, 0.1) is 0 Å². The molecule has 46 heavy (non-hydrogen) atoms. The molecule has 4 aliphatic rings. The molecule has 4 aromatic rings. The second kappa shape index (κ2) is 15.5. The van der Waals surface area contributed by atoms with E-state index in [-0.39, 0.29) is 24.8 Å². The van der Waals surface area contributed by atoms with E-state index in [4.69, 9.17) is 17.0 Å². The molecular formula is C40H40Cl4Zr2. The van der Waals surface area contributed by atoms with E-state index in [9.17, 15) is 0 Å². The van der Waals surface area contributed by atoms with Crippen molar-refractivity contribution >= 4 is 17.0 Å². The fourth-order valence-electron chi connectivity index (χ4n) is 6.88. The number of fused-ring (bicyclic) bond motifs is 6. The van der Waals surface area contributed by atoms with Crippen LogP contribution in [0.2, 0.25) is 18.5 Å². The van der Waals surface area contributed by atoms with Crippen LogP contribution >= 0.6 is 17.0 Å². The zero-order valence-electron chi connectivity index (χ0n) is 26.8. The van der Waals surface area contributed by atoms with Crippen molar-refractivity contribution < 1.29 is 63.0 Å². The Labute approximate surface area is 304 Å². The summed E-state index contributed by atoms with van der Waals surface area (Å²) >= 11 is -4.17. The Hall–Kier alpha value is -1.23. The molecule has 0 bridgehead atoms. The molecule has 0 saturated carbocycles. The van der Waals surface area contributed by atoms with Crippen molar-refractivity contribution in [2.24, 2.45) is 0 Å². The van der Waals surface area contributed by atoms with Gasteiger partial charge in [-0.3, -0.25) is 0 Å².